The monoisotopic (exact) mass is 240 g/mol. The maximum Gasteiger partial charge on any atom is 0.132 e. The van der Waals surface area contributed by atoms with Crippen molar-refractivity contribution in [3.63, 3.8) is 0 Å². The number of aliphatic hydroxyl groups excluding tert-OH is 1. The lowest BCUT2D eigenvalue weighted by Gasteiger charge is -2.10. The molecule has 0 unspecified atom stereocenters. The first kappa shape index (κ1) is 13.4. The van der Waals surface area contributed by atoms with Crippen molar-refractivity contribution < 1.29 is 10.2 Å². The van der Waals surface area contributed by atoms with Crippen LogP contribution in [-0.2, 0) is 6.42 Å². The summed E-state index contributed by atoms with van der Waals surface area (Å²) in [5.74, 6) is 1.03. The van der Waals surface area contributed by atoms with E-state index >= 15 is 0 Å². The number of aliphatic hydroxyl groups is 1. The van der Waals surface area contributed by atoms with E-state index in [0.717, 1.165) is 29.7 Å². The Hall–Kier alpha value is -0.670. The zero-order valence-corrected chi connectivity index (χ0v) is 10.8. The largest absolute Gasteiger partial charge is 0.506 e. The predicted octanol–water partition coefficient (Wildman–Crippen LogP) is 3.13. The van der Waals surface area contributed by atoms with Gasteiger partial charge in [-0.1, -0.05) is 19.4 Å². The summed E-state index contributed by atoms with van der Waals surface area (Å²) in [6, 6.07) is 4.03. The third-order valence-corrected chi connectivity index (χ3v) is 3.46. The first-order valence-electron chi connectivity index (χ1n) is 5.75. The van der Waals surface area contributed by atoms with Gasteiger partial charge in [-0.05, 0) is 37.0 Å². The molecule has 0 bridgehead atoms. The molecule has 0 aliphatic heterocycles. The molecule has 2 N–H and O–H groups in total. The highest BCUT2D eigenvalue weighted by atomic mass is 32.2. The summed E-state index contributed by atoms with van der Waals surface area (Å²) >= 11 is 1.51. The van der Waals surface area contributed by atoms with E-state index in [1.54, 1.807) is 0 Å². The van der Waals surface area contributed by atoms with Gasteiger partial charge in [-0.3, -0.25) is 0 Å². The van der Waals surface area contributed by atoms with Gasteiger partial charge in [-0.2, -0.15) is 0 Å². The molecule has 90 valence electrons. The number of rotatable bonds is 6. The van der Waals surface area contributed by atoms with Crippen LogP contribution in [0.5, 0.6) is 5.75 Å². The SMILES string of the molecule is CCCCc1cc(C)cc(SCCO)c1O. The van der Waals surface area contributed by atoms with Crippen LogP contribution in [0.4, 0.5) is 0 Å². The second-order valence-corrected chi connectivity index (χ2v) is 5.08. The molecule has 0 fully saturated rings. The van der Waals surface area contributed by atoms with Crippen molar-refractivity contribution in [3.05, 3.63) is 23.3 Å². The summed E-state index contributed by atoms with van der Waals surface area (Å²) in [6.45, 7) is 4.33. The number of aryl methyl sites for hydroxylation is 2. The van der Waals surface area contributed by atoms with E-state index in [4.69, 9.17) is 5.11 Å². The summed E-state index contributed by atoms with van der Waals surface area (Å²) in [7, 11) is 0. The Balaban J connectivity index is 2.86. The van der Waals surface area contributed by atoms with Gasteiger partial charge in [0.05, 0.1) is 6.61 Å². The third kappa shape index (κ3) is 3.72. The van der Waals surface area contributed by atoms with Crippen molar-refractivity contribution in [1.82, 2.24) is 0 Å². The molecule has 0 radical (unpaired) electrons. The summed E-state index contributed by atoms with van der Waals surface area (Å²) < 4.78 is 0. The molecular formula is C13H20O2S. The molecule has 0 aliphatic carbocycles. The van der Waals surface area contributed by atoms with Gasteiger partial charge < -0.3 is 10.2 Å². The molecule has 0 aromatic heterocycles. The van der Waals surface area contributed by atoms with Crippen molar-refractivity contribution in [1.29, 1.82) is 0 Å². The number of aromatic hydroxyl groups is 1. The number of hydrogen-bond acceptors (Lipinski definition) is 3. The Morgan fingerprint density at radius 1 is 1.31 bits per heavy atom. The molecule has 0 amide bonds. The van der Waals surface area contributed by atoms with E-state index in [1.165, 1.54) is 17.3 Å². The molecule has 1 aromatic rings. The molecule has 0 heterocycles. The molecule has 1 aromatic carbocycles. The minimum Gasteiger partial charge on any atom is -0.506 e. The minimum atomic E-state index is 0.141. The summed E-state index contributed by atoms with van der Waals surface area (Å²) in [4.78, 5) is 0.889. The Morgan fingerprint density at radius 2 is 2.06 bits per heavy atom. The van der Waals surface area contributed by atoms with E-state index in [-0.39, 0.29) is 6.61 Å². The van der Waals surface area contributed by atoms with E-state index in [2.05, 4.69) is 6.92 Å². The molecule has 1 rings (SSSR count). The van der Waals surface area contributed by atoms with Crippen LogP contribution in [0.2, 0.25) is 0 Å². The molecule has 0 saturated carbocycles. The van der Waals surface area contributed by atoms with Crippen LogP contribution in [0.25, 0.3) is 0 Å². The van der Waals surface area contributed by atoms with Crippen molar-refractivity contribution in [2.45, 2.75) is 38.0 Å². The molecule has 0 spiro atoms. The second kappa shape index (κ2) is 6.81. The van der Waals surface area contributed by atoms with Crippen LogP contribution in [0, 0.1) is 6.92 Å². The molecule has 0 aliphatic rings. The highest BCUT2D eigenvalue weighted by Crippen LogP contribution is 2.33. The topological polar surface area (TPSA) is 40.5 Å². The molecule has 0 atom stereocenters. The number of benzene rings is 1. The van der Waals surface area contributed by atoms with Crippen molar-refractivity contribution in [2.24, 2.45) is 0 Å². The minimum absolute atomic E-state index is 0.141. The first-order chi connectivity index (χ1) is 7.69. The molecule has 3 heteroatoms. The van der Waals surface area contributed by atoms with Gasteiger partial charge in [0.2, 0.25) is 0 Å². The lowest BCUT2D eigenvalue weighted by molar-refractivity contribution is 0.322. The fourth-order valence-corrected chi connectivity index (χ4v) is 2.49. The van der Waals surface area contributed by atoms with E-state index < -0.39 is 0 Å². The van der Waals surface area contributed by atoms with E-state index in [1.807, 2.05) is 19.1 Å². The normalized spacial score (nSPS) is 10.7. The summed E-state index contributed by atoms with van der Waals surface area (Å²) in [5.41, 5.74) is 2.20. The highest BCUT2D eigenvalue weighted by Gasteiger charge is 2.08. The Bertz CT molecular complexity index is 308. The zero-order chi connectivity index (χ0) is 12.0. The Morgan fingerprint density at radius 3 is 2.69 bits per heavy atom. The molecular weight excluding hydrogens is 220 g/mol. The summed E-state index contributed by atoms with van der Waals surface area (Å²) in [6.07, 6.45) is 3.16. The quantitative estimate of drug-likeness (QED) is 0.751. The van der Waals surface area contributed by atoms with Crippen molar-refractivity contribution >= 4 is 11.8 Å². The van der Waals surface area contributed by atoms with Crippen LogP contribution in [-0.4, -0.2) is 22.6 Å². The smallest absolute Gasteiger partial charge is 0.132 e. The maximum atomic E-state index is 10.1. The maximum absolute atomic E-state index is 10.1. The van der Waals surface area contributed by atoms with E-state index in [0.29, 0.717) is 11.5 Å². The standard InChI is InChI=1S/C13H20O2S/c1-3-4-5-11-8-10(2)9-12(13(11)15)16-7-6-14/h8-9,14-15H,3-7H2,1-2H3. The zero-order valence-electron chi connectivity index (χ0n) is 9.99. The number of phenols is 1. The van der Waals surface area contributed by atoms with Crippen LogP contribution in [0.1, 0.15) is 30.9 Å². The molecule has 16 heavy (non-hydrogen) atoms. The van der Waals surface area contributed by atoms with Gasteiger partial charge in [0.25, 0.3) is 0 Å². The van der Waals surface area contributed by atoms with Crippen molar-refractivity contribution in [3.8, 4) is 5.75 Å². The third-order valence-electron chi connectivity index (χ3n) is 2.45. The molecule has 2 nitrogen and oxygen atoms in total. The van der Waals surface area contributed by atoms with Gasteiger partial charge in [0.15, 0.2) is 0 Å². The van der Waals surface area contributed by atoms with Gasteiger partial charge in [0, 0.05) is 10.6 Å². The van der Waals surface area contributed by atoms with Gasteiger partial charge in [-0.15, -0.1) is 11.8 Å². The van der Waals surface area contributed by atoms with Crippen LogP contribution >= 0.6 is 11.8 Å². The first-order valence-corrected chi connectivity index (χ1v) is 6.73. The highest BCUT2D eigenvalue weighted by molar-refractivity contribution is 7.99. The number of hydrogen-bond donors (Lipinski definition) is 2. The van der Waals surface area contributed by atoms with Crippen LogP contribution < -0.4 is 0 Å². The predicted molar refractivity (Wildman–Crippen MR) is 69.3 cm³/mol. The number of thioether (sulfide) groups is 1. The van der Waals surface area contributed by atoms with Gasteiger partial charge in [-0.25, -0.2) is 0 Å². The fourth-order valence-electron chi connectivity index (χ4n) is 1.64. The van der Waals surface area contributed by atoms with E-state index in [9.17, 15) is 5.11 Å². The van der Waals surface area contributed by atoms with Gasteiger partial charge >= 0.3 is 0 Å². The molecule has 0 saturated heterocycles. The Kier molecular flexibility index (Phi) is 5.71. The average Bonchev–Trinajstić information content (AvgIpc) is 2.28. The van der Waals surface area contributed by atoms with Gasteiger partial charge in [0.1, 0.15) is 5.75 Å². The Labute approximate surface area is 102 Å². The number of unbranched alkanes of at least 4 members (excludes halogenated alkanes) is 1. The number of phenolic OH excluding ortho intramolecular Hbond substituents is 1. The fraction of sp³-hybridized carbons (Fsp3) is 0.538. The average molecular weight is 240 g/mol. The lowest BCUT2D eigenvalue weighted by atomic mass is 10.0. The van der Waals surface area contributed by atoms with Crippen LogP contribution in [0.15, 0.2) is 17.0 Å². The summed E-state index contributed by atoms with van der Waals surface area (Å²) in [5, 5.41) is 18.9. The lowest BCUT2D eigenvalue weighted by Crippen LogP contribution is -1.92. The van der Waals surface area contributed by atoms with Crippen LogP contribution in [0.3, 0.4) is 0 Å². The second-order valence-electron chi connectivity index (χ2n) is 3.95. The van der Waals surface area contributed by atoms with Crippen molar-refractivity contribution in [2.75, 3.05) is 12.4 Å².